The van der Waals surface area contributed by atoms with E-state index in [4.69, 9.17) is 0 Å². The molecule has 0 atom stereocenters. The molecule has 0 aromatic heterocycles. The Kier molecular flexibility index (Phi) is 6.43. The summed E-state index contributed by atoms with van der Waals surface area (Å²) in [6.45, 7) is 2.60. The Bertz CT molecular complexity index is 616. The van der Waals surface area contributed by atoms with Gasteiger partial charge in [-0.2, -0.15) is 0 Å². The van der Waals surface area contributed by atoms with Crippen molar-refractivity contribution < 1.29 is 19.5 Å². The van der Waals surface area contributed by atoms with E-state index in [-0.39, 0.29) is 17.2 Å². The molecule has 9 heteroatoms. The molecular weight excluding hydrogens is 605 g/mol. The van der Waals surface area contributed by atoms with Crippen LogP contribution in [0.2, 0.25) is 0 Å². The molecule has 1 aromatic carbocycles. The molecule has 0 aliphatic heterocycles. The molecule has 108 valence electrons. The summed E-state index contributed by atoms with van der Waals surface area (Å²) >= 11 is 5.92. The molecule has 0 saturated carbocycles. The quantitative estimate of drug-likeness (QED) is 0.361. The van der Waals surface area contributed by atoms with Crippen molar-refractivity contribution in [2.75, 3.05) is 10.6 Å². The minimum atomic E-state index is -1.17. The fourth-order valence-corrected chi connectivity index (χ4v) is 3.96. The number of halogens is 3. The Morgan fingerprint density at radius 2 is 1.30 bits per heavy atom. The molecule has 0 aliphatic carbocycles. The maximum absolute atomic E-state index is 11.5. The molecular formula is C11H9I3N2O4. The normalized spacial score (nSPS) is 10.1. The van der Waals surface area contributed by atoms with Crippen molar-refractivity contribution in [1.29, 1.82) is 0 Å². The highest BCUT2D eigenvalue weighted by atomic mass is 127. The second-order valence-electron chi connectivity index (χ2n) is 3.73. The predicted octanol–water partition coefficient (Wildman–Crippen LogP) is 3.12. The van der Waals surface area contributed by atoms with Gasteiger partial charge in [-0.1, -0.05) is 0 Å². The molecule has 2 amide bonds. The van der Waals surface area contributed by atoms with Crippen LogP contribution in [0.1, 0.15) is 24.2 Å². The molecule has 0 heterocycles. The Labute approximate surface area is 155 Å². The van der Waals surface area contributed by atoms with Crippen molar-refractivity contribution in [3.63, 3.8) is 0 Å². The van der Waals surface area contributed by atoms with Gasteiger partial charge in [-0.25, -0.2) is 4.79 Å². The van der Waals surface area contributed by atoms with Gasteiger partial charge in [-0.3, -0.25) is 9.59 Å². The molecule has 6 nitrogen and oxygen atoms in total. The van der Waals surface area contributed by atoms with Crippen molar-refractivity contribution in [3.8, 4) is 0 Å². The fourth-order valence-electron chi connectivity index (χ4n) is 1.46. The van der Waals surface area contributed by atoms with Gasteiger partial charge in [0.05, 0.1) is 20.5 Å². The lowest BCUT2D eigenvalue weighted by Gasteiger charge is -2.18. The number of carbonyl (C=O) groups excluding carboxylic acids is 2. The van der Waals surface area contributed by atoms with Crippen LogP contribution in [0.4, 0.5) is 11.4 Å². The van der Waals surface area contributed by atoms with E-state index in [1.54, 1.807) is 0 Å². The number of nitrogens with one attached hydrogen (secondary N) is 2. The lowest BCUT2D eigenvalue weighted by Crippen LogP contribution is -2.19. The number of aromatic carboxylic acids is 1. The van der Waals surface area contributed by atoms with E-state index in [9.17, 15) is 19.5 Å². The van der Waals surface area contributed by atoms with Gasteiger partial charge in [-0.15, -0.1) is 0 Å². The summed E-state index contributed by atoms with van der Waals surface area (Å²) < 4.78 is 1.90. The van der Waals surface area contributed by atoms with Gasteiger partial charge in [0, 0.05) is 21.0 Å². The van der Waals surface area contributed by atoms with Gasteiger partial charge >= 0.3 is 5.97 Å². The van der Waals surface area contributed by atoms with Crippen molar-refractivity contribution in [2.45, 2.75) is 13.8 Å². The zero-order chi connectivity index (χ0) is 15.6. The third kappa shape index (κ3) is 3.93. The summed E-state index contributed by atoms with van der Waals surface area (Å²) in [4.78, 5) is 34.1. The SMILES string of the molecule is CC(=O)Nc1c(I)c(I)c(I)c(C(=O)O)c1NC(C)=O. The molecule has 1 rings (SSSR count). The van der Waals surface area contributed by atoms with E-state index in [0.29, 0.717) is 16.4 Å². The molecule has 0 aliphatic rings. The number of amides is 2. The van der Waals surface area contributed by atoms with Gasteiger partial charge in [-0.05, 0) is 67.8 Å². The number of carbonyl (C=O) groups is 3. The van der Waals surface area contributed by atoms with Gasteiger partial charge in [0.25, 0.3) is 0 Å². The summed E-state index contributed by atoms with van der Waals surface area (Å²) in [7, 11) is 0. The third-order valence-corrected chi connectivity index (χ3v) is 7.44. The molecule has 3 N–H and O–H groups in total. The number of anilines is 2. The van der Waals surface area contributed by atoms with Crippen LogP contribution in [0, 0.1) is 10.7 Å². The highest BCUT2D eigenvalue weighted by Crippen LogP contribution is 2.39. The van der Waals surface area contributed by atoms with E-state index < -0.39 is 11.9 Å². The molecule has 0 radical (unpaired) electrons. The van der Waals surface area contributed by atoms with Crippen LogP contribution in [0.15, 0.2) is 0 Å². The van der Waals surface area contributed by atoms with E-state index in [1.165, 1.54) is 13.8 Å². The summed E-state index contributed by atoms with van der Waals surface area (Å²) in [6, 6.07) is 0. The average molecular weight is 614 g/mol. The standard InChI is InChI=1S/C11H9I3N2O4/c1-3(17)15-9-5(11(19)20)6(12)7(13)8(14)10(9)16-4(2)18/h1-2H3,(H,15,17)(H,16,18)(H,19,20). The van der Waals surface area contributed by atoms with Crippen LogP contribution in [0.3, 0.4) is 0 Å². The van der Waals surface area contributed by atoms with E-state index >= 15 is 0 Å². The van der Waals surface area contributed by atoms with Gasteiger partial charge in [0.1, 0.15) is 0 Å². The Morgan fingerprint density at radius 1 is 0.850 bits per heavy atom. The number of rotatable bonds is 3. The van der Waals surface area contributed by atoms with Crippen molar-refractivity contribution in [1.82, 2.24) is 0 Å². The lowest BCUT2D eigenvalue weighted by atomic mass is 10.1. The first kappa shape index (κ1) is 17.9. The number of carboxylic acid groups (broad SMARTS) is 1. The molecule has 0 saturated heterocycles. The van der Waals surface area contributed by atoms with Crippen LogP contribution in [-0.2, 0) is 9.59 Å². The zero-order valence-corrected chi connectivity index (χ0v) is 16.8. The zero-order valence-electron chi connectivity index (χ0n) is 10.3. The van der Waals surface area contributed by atoms with Crippen LogP contribution in [0.25, 0.3) is 0 Å². The van der Waals surface area contributed by atoms with Crippen molar-refractivity contribution in [2.24, 2.45) is 0 Å². The molecule has 0 spiro atoms. The summed E-state index contributed by atoms with van der Waals surface area (Å²) in [6.07, 6.45) is 0. The first-order valence-electron chi connectivity index (χ1n) is 5.15. The van der Waals surface area contributed by atoms with Gasteiger partial charge in [0.2, 0.25) is 11.8 Å². The van der Waals surface area contributed by atoms with Crippen LogP contribution in [-0.4, -0.2) is 22.9 Å². The van der Waals surface area contributed by atoms with Gasteiger partial charge < -0.3 is 15.7 Å². The van der Waals surface area contributed by atoms with E-state index in [2.05, 4.69) is 10.6 Å². The topological polar surface area (TPSA) is 95.5 Å². The predicted molar refractivity (Wildman–Crippen MR) is 100 cm³/mol. The number of hydrogen-bond donors (Lipinski definition) is 3. The Hall–Kier alpha value is -0.180. The van der Waals surface area contributed by atoms with Crippen LogP contribution in [0.5, 0.6) is 0 Å². The highest BCUT2D eigenvalue weighted by molar-refractivity contribution is 14.1. The first-order chi connectivity index (χ1) is 9.16. The van der Waals surface area contributed by atoms with Gasteiger partial charge in [0.15, 0.2) is 0 Å². The number of carboxylic acids is 1. The second-order valence-corrected chi connectivity index (χ2v) is 6.97. The summed E-state index contributed by atoms with van der Waals surface area (Å²) in [5, 5.41) is 14.4. The minimum absolute atomic E-state index is 0.0330. The summed E-state index contributed by atoms with van der Waals surface area (Å²) in [5.41, 5.74) is 0.374. The number of benzene rings is 1. The third-order valence-electron chi connectivity index (χ3n) is 2.14. The first-order valence-corrected chi connectivity index (χ1v) is 8.39. The maximum Gasteiger partial charge on any atom is 0.339 e. The fraction of sp³-hybridized carbons (Fsp3) is 0.182. The summed E-state index contributed by atoms with van der Waals surface area (Å²) in [5.74, 6) is -1.92. The second kappa shape index (κ2) is 7.20. The maximum atomic E-state index is 11.5. The Balaban J connectivity index is 3.73. The minimum Gasteiger partial charge on any atom is -0.478 e. The largest absolute Gasteiger partial charge is 0.478 e. The van der Waals surface area contributed by atoms with Crippen molar-refractivity contribution in [3.05, 3.63) is 16.3 Å². The highest BCUT2D eigenvalue weighted by Gasteiger charge is 2.25. The number of hydrogen-bond acceptors (Lipinski definition) is 3. The molecule has 0 unspecified atom stereocenters. The lowest BCUT2D eigenvalue weighted by molar-refractivity contribution is -0.115. The van der Waals surface area contributed by atoms with Crippen LogP contribution < -0.4 is 10.6 Å². The van der Waals surface area contributed by atoms with E-state index in [0.717, 1.165) is 0 Å². The van der Waals surface area contributed by atoms with Crippen LogP contribution >= 0.6 is 67.8 Å². The molecule has 0 fully saturated rings. The monoisotopic (exact) mass is 614 g/mol. The van der Waals surface area contributed by atoms with Crippen molar-refractivity contribution >= 4 is 96.9 Å². The van der Waals surface area contributed by atoms with E-state index in [1.807, 2.05) is 67.8 Å². The Morgan fingerprint density at radius 3 is 1.70 bits per heavy atom. The molecule has 20 heavy (non-hydrogen) atoms. The average Bonchev–Trinajstić information content (AvgIpc) is 2.30. The molecule has 0 bridgehead atoms. The molecule has 1 aromatic rings. The smallest absolute Gasteiger partial charge is 0.339 e.